The van der Waals surface area contributed by atoms with Crippen LogP contribution in [0.15, 0.2) is 54.9 Å². The number of sulfonamides is 1. The monoisotopic (exact) mass is 517 g/mol. The fourth-order valence-electron chi connectivity index (χ4n) is 4.68. The molecule has 0 unspecified atom stereocenters. The third-order valence-corrected chi connectivity index (χ3v) is 7.09. The molecule has 0 aliphatic carbocycles. The van der Waals surface area contributed by atoms with Gasteiger partial charge in [-0.25, -0.2) is 22.5 Å². The first-order valence-electron chi connectivity index (χ1n) is 11.8. The lowest BCUT2D eigenvalue weighted by atomic mass is 10.0. The second-order valence-electron chi connectivity index (χ2n) is 9.12. The van der Waals surface area contributed by atoms with Crippen LogP contribution < -0.4 is 10.0 Å². The minimum absolute atomic E-state index is 0.0148. The molecule has 188 valence electrons. The summed E-state index contributed by atoms with van der Waals surface area (Å²) < 4.78 is 39.9. The van der Waals surface area contributed by atoms with E-state index in [1.807, 2.05) is 18.3 Å². The van der Waals surface area contributed by atoms with Crippen molar-refractivity contribution in [3.8, 4) is 22.6 Å². The summed E-state index contributed by atoms with van der Waals surface area (Å²) in [5.74, 6) is -0.471. The van der Waals surface area contributed by atoms with E-state index >= 15 is 0 Å². The molecule has 37 heavy (non-hydrogen) atoms. The molecular weight excluding hydrogens is 493 g/mol. The summed E-state index contributed by atoms with van der Waals surface area (Å²) in [6.07, 6.45) is 7.72. The molecule has 4 N–H and O–H groups in total. The molecule has 5 aromatic rings. The highest BCUT2D eigenvalue weighted by molar-refractivity contribution is 7.88. The van der Waals surface area contributed by atoms with Gasteiger partial charge in [0.25, 0.3) is 0 Å². The predicted octanol–water partition coefficient (Wildman–Crippen LogP) is 3.73. The largest absolute Gasteiger partial charge is 0.353 e. The first-order chi connectivity index (χ1) is 17.8. The Morgan fingerprint density at radius 2 is 1.95 bits per heavy atom. The van der Waals surface area contributed by atoms with Crippen LogP contribution in [0.5, 0.6) is 0 Å². The lowest BCUT2D eigenvalue weighted by molar-refractivity contribution is 0.586. The summed E-state index contributed by atoms with van der Waals surface area (Å²) in [7, 11) is -3.41. The van der Waals surface area contributed by atoms with Crippen LogP contribution in [0, 0.1) is 5.82 Å². The Balaban J connectivity index is 1.42. The normalized spacial score (nSPS) is 14.4. The van der Waals surface area contributed by atoms with Gasteiger partial charge in [0.15, 0.2) is 5.65 Å². The van der Waals surface area contributed by atoms with Gasteiger partial charge < -0.3 is 10.3 Å². The quantitative estimate of drug-likeness (QED) is 0.272. The molecule has 0 fully saturated rings. The van der Waals surface area contributed by atoms with Crippen LogP contribution in [0.2, 0.25) is 0 Å². The molecule has 0 saturated heterocycles. The van der Waals surface area contributed by atoms with Crippen molar-refractivity contribution in [2.45, 2.75) is 13.0 Å². The Hall–Kier alpha value is -3.93. The van der Waals surface area contributed by atoms with E-state index in [0.29, 0.717) is 22.5 Å². The fourth-order valence-corrected chi connectivity index (χ4v) is 5.11. The van der Waals surface area contributed by atoms with Crippen molar-refractivity contribution in [1.82, 2.24) is 35.2 Å². The Morgan fingerprint density at radius 3 is 2.76 bits per heavy atom. The molecule has 1 aliphatic rings. The van der Waals surface area contributed by atoms with Crippen LogP contribution in [0.1, 0.15) is 17.5 Å². The molecular formula is C26H24FN7O2S. The lowest BCUT2D eigenvalue weighted by Gasteiger charge is -2.13. The Labute approximate surface area is 212 Å². The third-order valence-electron chi connectivity index (χ3n) is 6.42. The highest BCUT2D eigenvalue weighted by atomic mass is 32.2. The van der Waals surface area contributed by atoms with Gasteiger partial charge in [-0.2, -0.15) is 5.10 Å². The second-order valence-corrected chi connectivity index (χ2v) is 11.0. The summed E-state index contributed by atoms with van der Waals surface area (Å²) in [5, 5.41) is 12.6. The number of benzene rings is 1. The van der Waals surface area contributed by atoms with E-state index in [-0.39, 0.29) is 6.54 Å². The topological polar surface area (TPSA) is 128 Å². The van der Waals surface area contributed by atoms with Crippen molar-refractivity contribution in [1.29, 1.82) is 0 Å². The zero-order valence-corrected chi connectivity index (χ0v) is 20.8. The maximum atomic E-state index is 14.5. The number of aromatic nitrogens is 5. The predicted molar refractivity (Wildman–Crippen MR) is 142 cm³/mol. The van der Waals surface area contributed by atoms with Gasteiger partial charge in [-0.05, 0) is 66.1 Å². The molecule has 1 aromatic carbocycles. The van der Waals surface area contributed by atoms with Gasteiger partial charge in [-0.1, -0.05) is 6.08 Å². The zero-order chi connectivity index (χ0) is 25.6. The van der Waals surface area contributed by atoms with E-state index in [2.05, 4.69) is 47.3 Å². The molecule has 5 heterocycles. The molecule has 9 nitrogen and oxygen atoms in total. The number of aromatic amines is 2. The van der Waals surface area contributed by atoms with E-state index in [4.69, 9.17) is 0 Å². The van der Waals surface area contributed by atoms with Crippen LogP contribution in [0.3, 0.4) is 0 Å². The Morgan fingerprint density at radius 1 is 1.05 bits per heavy atom. The average molecular weight is 518 g/mol. The van der Waals surface area contributed by atoms with Crippen molar-refractivity contribution < 1.29 is 12.8 Å². The number of rotatable bonds is 6. The number of pyridine rings is 2. The van der Waals surface area contributed by atoms with Crippen molar-refractivity contribution in [3.05, 3.63) is 71.8 Å². The average Bonchev–Trinajstić information content (AvgIpc) is 3.51. The summed E-state index contributed by atoms with van der Waals surface area (Å²) in [6.45, 7) is 1.76. The minimum Gasteiger partial charge on any atom is -0.353 e. The van der Waals surface area contributed by atoms with Crippen LogP contribution in [-0.4, -0.2) is 52.9 Å². The number of nitrogens with zero attached hydrogens (tertiary/aromatic N) is 3. The highest BCUT2D eigenvalue weighted by Gasteiger charge is 2.17. The molecule has 4 aromatic heterocycles. The van der Waals surface area contributed by atoms with Crippen molar-refractivity contribution in [2.24, 2.45) is 0 Å². The summed E-state index contributed by atoms with van der Waals surface area (Å²) in [6, 6.07) is 10.3. The van der Waals surface area contributed by atoms with E-state index < -0.39 is 15.8 Å². The molecule has 0 amide bonds. The van der Waals surface area contributed by atoms with Crippen LogP contribution in [-0.2, 0) is 16.6 Å². The van der Waals surface area contributed by atoms with Crippen LogP contribution in [0.4, 0.5) is 4.39 Å². The van der Waals surface area contributed by atoms with E-state index in [0.717, 1.165) is 59.0 Å². The van der Waals surface area contributed by atoms with Crippen LogP contribution in [0.25, 0.3) is 50.2 Å². The third kappa shape index (κ3) is 4.76. The van der Waals surface area contributed by atoms with Crippen molar-refractivity contribution in [2.75, 3.05) is 19.3 Å². The number of halogens is 1. The SMILES string of the molecule is CS(=O)(=O)NCc1cc(F)cc(-c2nccc3[nH]c(-c4n[nH]c5ncc(C6=CCNCC6)cc45)cc23)c1. The van der Waals surface area contributed by atoms with Gasteiger partial charge in [0.1, 0.15) is 11.5 Å². The molecule has 0 saturated carbocycles. The molecule has 0 bridgehead atoms. The van der Waals surface area contributed by atoms with Gasteiger partial charge in [0, 0.05) is 47.3 Å². The van der Waals surface area contributed by atoms with Gasteiger partial charge in [0.05, 0.1) is 17.6 Å². The first kappa shape index (κ1) is 23.5. The maximum absolute atomic E-state index is 14.5. The van der Waals surface area contributed by atoms with Gasteiger partial charge in [-0.3, -0.25) is 10.1 Å². The minimum atomic E-state index is -3.41. The second kappa shape index (κ2) is 9.18. The molecule has 11 heteroatoms. The van der Waals surface area contributed by atoms with E-state index in [9.17, 15) is 12.8 Å². The zero-order valence-electron chi connectivity index (χ0n) is 20.0. The number of fused-ring (bicyclic) bond motifs is 2. The first-order valence-corrected chi connectivity index (χ1v) is 13.7. The van der Waals surface area contributed by atoms with Gasteiger partial charge >= 0.3 is 0 Å². The van der Waals surface area contributed by atoms with Gasteiger partial charge in [-0.15, -0.1) is 0 Å². The fraction of sp³-hybridized carbons (Fsp3) is 0.192. The summed E-state index contributed by atoms with van der Waals surface area (Å²) >= 11 is 0. The van der Waals surface area contributed by atoms with Crippen molar-refractivity contribution in [3.63, 3.8) is 0 Å². The maximum Gasteiger partial charge on any atom is 0.209 e. The van der Waals surface area contributed by atoms with E-state index in [1.165, 1.54) is 17.7 Å². The van der Waals surface area contributed by atoms with Gasteiger partial charge in [0.2, 0.25) is 10.0 Å². The Bertz CT molecular complexity index is 1790. The highest BCUT2D eigenvalue weighted by Crippen LogP contribution is 2.34. The molecule has 0 spiro atoms. The standard InChI is InChI=1S/C26H24FN7O2S/c1-37(35,36)31-13-15-8-17(10-19(27)9-15)24-20-12-23(32-22(20)4-7-29-24)25-21-11-18(14-30-26(21)34-33-25)16-2-5-28-6-3-16/h2,4,7-12,14,28,31-32H,3,5-6,13H2,1H3,(H,30,33,34). The summed E-state index contributed by atoms with van der Waals surface area (Å²) in [5.41, 5.74) is 7.00. The molecule has 1 aliphatic heterocycles. The number of hydrogen-bond donors (Lipinski definition) is 4. The Kier molecular flexibility index (Phi) is 5.82. The molecule has 6 rings (SSSR count). The van der Waals surface area contributed by atoms with E-state index in [1.54, 1.807) is 12.3 Å². The lowest BCUT2D eigenvalue weighted by Crippen LogP contribution is -2.21. The van der Waals surface area contributed by atoms with Crippen LogP contribution >= 0.6 is 0 Å². The number of nitrogens with one attached hydrogen (secondary N) is 4. The molecule has 0 atom stereocenters. The molecule has 0 radical (unpaired) electrons. The smallest absolute Gasteiger partial charge is 0.209 e. The number of hydrogen-bond acceptors (Lipinski definition) is 6. The van der Waals surface area contributed by atoms with Crippen molar-refractivity contribution >= 4 is 37.5 Å². The summed E-state index contributed by atoms with van der Waals surface area (Å²) in [4.78, 5) is 12.5. The number of H-pyrrole nitrogens is 2.